The number of aromatic nitrogens is 2. The third-order valence-corrected chi connectivity index (χ3v) is 1.54. The molecule has 0 spiro atoms. The second-order valence-corrected chi connectivity index (χ2v) is 2.64. The van der Waals surface area contributed by atoms with Gasteiger partial charge in [-0.2, -0.15) is 4.98 Å². The predicted octanol–water partition coefficient (Wildman–Crippen LogP) is -0.522. The van der Waals surface area contributed by atoms with E-state index >= 15 is 0 Å². The Balaban J connectivity index is 2.78. The second kappa shape index (κ2) is 5.13. The summed E-state index contributed by atoms with van der Waals surface area (Å²) in [7, 11) is 1.67. The molecule has 1 heterocycles. The topological polar surface area (TPSA) is 102 Å². The fourth-order valence-electron chi connectivity index (χ4n) is 0.912. The van der Waals surface area contributed by atoms with Crippen LogP contribution in [0.4, 0.5) is 11.8 Å². The van der Waals surface area contributed by atoms with Crippen molar-refractivity contribution in [2.45, 2.75) is 0 Å². The Hall–Kier alpha value is -1.69. The quantitative estimate of drug-likeness (QED) is 0.559. The maximum Gasteiger partial charge on any atom is 0.224 e. The highest BCUT2D eigenvalue weighted by Crippen LogP contribution is 2.06. The summed E-state index contributed by atoms with van der Waals surface area (Å²) in [6, 6.07) is 0. The van der Waals surface area contributed by atoms with Crippen LogP contribution in [-0.2, 0) is 0 Å². The van der Waals surface area contributed by atoms with E-state index in [9.17, 15) is 0 Å². The molecule has 0 saturated heterocycles. The van der Waals surface area contributed by atoms with E-state index in [0.717, 1.165) is 0 Å². The molecule has 1 aromatic rings. The molecule has 5 N–H and O–H groups in total. The van der Waals surface area contributed by atoms with E-state index in [-0.39, 0.29) is 0 Å². The van der Waals surface area contributed by atoms with Crippen LogP contribution in [0.5, 0.6) is 0 Å². The molecule has 0 fully saturated rings. The Labute approximate surface area is 82.5 Å². The number of nitrogens with one attached hydrogen (secondary N) is 1. The van der Waals surface area contributed by atoms with Gasteiger partial charge < -0.3 is 16.8 Å². The molecule has 14 heavy (non-hydrogen) atoms. The van der Waals surface area contributed by atoms with Gasteiger partial charge in [0, 0.05) is 32.5 Å². The maximum absolute atomic E-state index is 5.67. The average Bonchev–Trinajstić information content (AvgIpc) is 2.19. The normalized spacial score (nSPS) is 10.7. The lowest BCUT2D eigenvalue weighted by atomic mass is 10.3. The van der Waals surface area contributed by atoms with Gasteiger partial charge >= 0.3 is 0 Å². The van der Waals surface area contributed by atoms with Gasteiger partial charge in [-0.1, -0.05) is 0 Å². The predicted molar refractivity (Wildman–Crippen MR) is 57.5 cm³/mol. The minimum absolute atomic E-state index is 0.408. The summed E-state index contributed by atoms with van der Waals surface area (Å²) >= 11 is 0. The van der Waals surface area contributed by atoms with Crippen LogP contribution >= 0.6 is 0 Å². The summed E-state index contributed by atoms with van der Waals surface area (Å²) in [5.74, 6) is 0.895. The molecule has 0 aliphatic heterocycles. The summed E-state index contributed by atoms with van der Waals surface area (Å²) < 4.78 is 0. The number of hydrogen-bond acceptors (Lipinski definition) is 6. The van der Waals surface area contributed by atoms with E-state index in [1.54, 1.807) is 19.5 Å². The van der Waals surface area contributed by atoms with Gasteiger partial charge in [0.15, 0.2) is 0 Å². The molecule has 0 atom stereocenters. The number of nitrogens with zero attached hydrogens (tertiary/aromatic N) is 3. The zero-order valence-corrected chi connectivity index (χ0v) is 8.07. The first-order valence-electron chi connectivity index (χ1n) is 4.26. The van der Waals surface area contributed by atoms with E-state index in [4.69, 9.17) is 11.5 Å². The fraction of sp³-hybridized carbons (Fsp3) is 0.375. The lowest BCUT2D eigenvalue weighted by molar-refractivity contribution is 0.990. The average molecular weight is 194 g/mol. The van der Waals surface area contributed by atoms with Gasteiger partial charge in [-0.15, -0.1) is 0 Å². The van der Waals surface area contributed by atoms with E-state index in [1.807, 2.05) is 0 Å². The van der Waals surface area contributed by atoms with E-state index in [1.165, 1.54) is 0 Å². The first kappa shape index (κ1) is 10.4. The highest BCUT2D eigenvalue weighted by atomic mass is 15.1. The molecule has 0 aliphatic rings. The summed E-state index contributed by atoms with van der Waals surface area (Å²) in [5.41, 5.74) is 11.7. The molecule has 0 saturated carbocycles. The summed E-state index contributed by atoms with van der Waals surface area (Å²) in [6.45, 7) is 1.15. The molecular formula is C8H14N6. The minimum Gasteiger partial charge on any atom is -0.383 e. The molecule has 6 heteroatoms. The molecule has 0 unspecified atom stereocenters. The molecular weight excluding hydrogens is 180 g/mol. The van der Waals surface area contributed by atoms with Gasteiger partial charge in [-0.25, -0.2) is 4.98 Å². The van der Waals surface area contributed by atoms with Crippen LogP contribution in [0.2, 0.25) is 0 Å². The Kier molecular flexibility index (Phi) is 3.81. The van der Waals surface area contributed by atoms with Crippen molar-refractivity contribution in [3.63, 3.8) is 0 Å². The van der Waals surface area contributed by atoms with Crippen molar-refractivity contribution in [2.24, 2.45) is 10.7 Å². The van der Waals surface area contributed by atoms with Gasteiger partial charge in [0.05, 0.1) is 5.56 Å². The number of rotatable bonds is 4. The molecule has 6 nitrogen and oxygen atoms in total. The zero-order chi connectivity index (χ0) is 10.4. The molecule has 1 rings (SSSR count). The van der Waals surface area contributed by atoms with Crippen LogP contribution in [0.1, 0.15) is 5.56 Å². The smallest absolute Gasteiger partial charge is 0.224 e. The van der Waals surface area contributed by atoms with Crippen molar-refractivity contribution in [3.05, 3.63) is 11.8 Å². The largest absolute Gasteiger partial charge is 0.383 e. The summed E-state index contributed by atoms with van der Waals surface area (Å²) in [6.07, 6.45) is 3.23. The number of anilines is 2. The molecule has 0 amide bonds. The van der Waals surface area contributed by atoms with Crippen molar-refractivity contribution in [3.8, 4) is 0 Å². The molecule has 0 radical (unpaired) electrons. The third-order valence-electron chi connectivity index (χ3n) is 1.54. The van der Waals surface area contributed by atoms with Gasteiger partial charge in [-0.3, -0.25) is 4.99 Å². The van der Waals surface area contributed by atoms with E-state index < -0.39 is 0 Å². The maximum atomic E-state index is 5.67. The Morgan fingerprint density at radius 2 is 2.43 bits per heavy atom. The van der Waals surface area contributed by atoms with Gasteiger partial charge in [-0.05, 0) is 0 Å². The van der Waals surface area contributed by atoms with E-state index in [0.29, 0.717) is 30.4 Å². The number of nitrogen functional groups attached to an aromatic ring is 1. The first-order valence-corrected chi connectivity index (χ1v) is 4.26. The second-order valence-electron chi connectivity index (χ2n) is 2.64. The molecule has 1 aromatic heterocycles. The summed E-state index contributed by atoms with van der Waals surface area (Å²) in [5, 5.41) is 2.93. The van der Waals surface area contributed by atoms with Crippen LogP contribution in [0.15, 0.2) is 11.2 Å². The number of hydrogen-bond donors (Lipinski definition) is 3. The van der Waals surface area contributed by atoms with Crippen molar-refractivity contribution >= 4 is 18.0 Å². The number of nitrogens with two attached hydrogens (primary N) is 2. The third kappa shape index (κ3) is 2.67. The molecule has 0 aromatic carbocycles. The van der Waals surface area contributed by atoms with Crippen LogP contribution in [0.25, 0.3) is 0 Å². The first-order chi connectivity index (χ1) is 6.77. The fourth-order valence-corrected chi connectivity index (χ4v) is 0.912. The van der Waals surface area contributed by atoms with Crippen LogP contribution in [0.3, 0.4) is 0 Å². The van der Waals surface area contributed by atoms with Crippen molar-refractivity contribution < 1.29 is 0 Å². The highest BCUT2D eigenvalue weighted by molar-refractivity contribution is 5.85. The lowest BCUT2D eigenvalue weighted by Crippen LogP contribution is -2.15. The van der Waals surface area contributed by atoms with E-state index in [2.05, 4.69) is 20.3 Å². The SMILES string of the molecule is CN=Cc1cnc(NCCN)nc1N. The lowest BCUT2D eigenvalue weighted by Gasteiger charge is -2.04. The van der Waals surface area contributed by atoms with Crippen LogP contribution in [-0.4, -0.2) is 36.3 Å². The zero-order valence-electron chi connectivity index (χ0n) is 8.07. The van der Waals surface area contributed by atoms with Gasteiger partial charge in [0.25, 0.3) is 0 Å². The Morgan fingerprint density at radius 1 is 1.64 bits per heavy atom. The molecule has 0 aliphatic carbocycles. The Morgan fingerprint density at radius 3 is 3.00 bits per heavy atom. The summed E-state index contributed by atoms with van der Waals surface area (Å²) in [4.78, 5) is 11.9. The highest BCUT2D eigenvalue weighted by Gasteiger charge is 2.00. The monoisotopic (exact) mass is 194 g/mol. The van der Waals surface area contributed by atoms with Gasteiger partial charge in [0.2, 0.25) is 5.95 Å². The van der Waals surface area contributed by atoms with Crippen LogP contribution in [0, 0.1) is 0 Å². The Bertz CT molecular complexity index is 322. The van der Waals surface area contributed by atoms with Crippen molar-refractivity contribution in [1.82, 2.24) is 9.97 Å². The van der Waals surface area contributed by atoms with Crippen molar-refractivity contribution in [2.75, 3.05) is 31.2 Å². The number of aliphatic imine (C=N–C) groups is 1. The van der Waals surface area contributed by atoms with Gasteiger partial charge in [0.1, 0.15) is 5.82 Å². The van der Waals surface area contributed by atoms with Crippen molar-refractivity contribution in [1.29, 1.82) is 0 Å². The minimum atomic E-state index is 0.408. The molecule has 76 valence electrons. The standard InChI is InChI=1S/C8H14N6/c1-11-4-6-5-13-8(12-3-2-9)14-7(6)10/h4-5H,2-3,9H2,1H3,(H3,10,12,13,14). The molecule has 0 bridgehead atoms. The van der Waals surface area contributed by atoms with Crippen LogP contribution < -0.4 is 16.8 Å².